The highest BCUT2D eigenvalue weighted by atomic mass is 16.4. The van der Waals surface area contributed by atoms with Crippen LogP contribution in [0.1, 0.15) is 52.0 Å². The number of carboxylic acids is 1. The molecule has 1 aliphatic heterocycles. The van der Waals surface area contributed by atoms with Crippen LogP contribution in [-0.4, -0.2) is 39.0 Å². The number of carboxylic acid groups (broad SMARTS) is 1. The van der Waals surface area contributed by atoms with Gasteiger partial charge in [-0.15, -0.1) is 0 Å². The van der Waals surface area contributed by atoms with E-state index in [-0.39, 0.29) is 42.0 Å². The van der Waals surface area contributed by atoms with Crippen molar-refractivity contribution in [3.8, 4) is 11.1 Å². The highest BCUT2D eigenvalue weighted by Gasteiger charge is 2.27. The Morgan fingerprint density at radius 2 is 1.94 bits per heavy atom. The fourth-order valence-electron chi connectivity index (χ4n) is 3.85. The lowest BCUT2D eigenvalue weighted by Gasteiger charge is -2.14. The fourth-order valence-corrected chi connectivity index (χ4v) is 3.85. The Morgan fingerprint density at radius 3 is 2.66 bits per heavy atom. The number of anilines is 1. The lowest BCUT2D eigenvalue weighted by molar-refractivity contribution is -0.115. The summed E-state index contributed by atoms with van der Waals surface area (Å²) in [5.41, 5.74) is 2.64. The van der Waals surface area contributed by atoms with Gasteiger partial charge >= 0.3 is 5.97 Å². The minimum absolute atomic E-state index is 0.117. The third-order valence-corrected chi connectivity index (χ3v) is 5.42. The molecule has 0 atom stereocenters. The van der Waals surface area contributed by atoms with Gasteiger partial charge in [0.1, 0.15) is 5.82 Å². The highest BCUT2D eigenvalue weighted by Crippen LogP contribution is 2.27. The summed E-state index contributed by atoms with van der Waals surface area (Å²) in [5, 5.41) is 15.1. The van der Waals surface area contributed by atoms with Gasteiger partial charge in [-0.3, -0.25) is 9.59 Å². The van der Waals surface area contributed by atoms with Gasteiger partial charge in [-0.1, -0.05) is 55.8 Å². The summed E-state index contributed by atoms with van der Waals surface area (Å²) >= 11 is 0. The normalized spacial score (nSPS) is 13.2. The summed E-state index contributed by atoms with van der Waals surface area (Å²) in [6.45, 7) is 2.21. The summed E-state index contributed by atoms with van der Waals surface area (Å²) < 4.78 is 1.77. The molecule has 8 nitrogen and oxygen atoms in total. The number of fused-ring (bicyclic) bond motifs is 1. The number of carbonyl (C=O) groups is 3. The molecule has 0 fully saturated rings. The van der Waals surface area contributed by atoms with Crippen molar-refractivity contribution < 1.29 is 19.5 Å². The van der Waals surface area contributed by atoms with Crippen LogP contribution < -0.4 is 10.6 Å². The van der Waals surface area contributed by atoms with Crippen molar-refractivity contribution >= 4 is 23.6 Å². The standard InChI is InChI=1S/C24H24N4O4/c1-2-3-9-19-26-22-21(23(30)25-13-20(29)27-22)28(19)14-15-10-11-17(18(12-15)24(31)32)16-7-5-4-6-8-16/h4-8,10-12H,2-3,9,13-14H2,1H3,(H,25,30)(H,27,29)(H,31,32). The molecular weight excluding hydrogens is 408 g/mol. The van der Waals surface area contributed by atoms with Crippen LogP contribution in [0.2, 0.25) is 0 Å². The van der Waals surface area contributed by atoms with Crippen LogP contribution in [-0.2, 0) is 17.8 Å². The van der Waals surface area contributed by atoms with Crippen molar-refractivity contribution in [3.05, 3.63) is 71.2 Å². The van der Waals surface area contributed by atoms with Crippen LogP contribution in [0.3, 0.4) is 0 Å². The van der Waals surface area contributed by atoms with Gasteiger partial charge < -0.3 is 20.3 Å². The second kappa shape index (κ2) is 9.05. The van der Waals surface area contributed by atoms with Crippen LogP contribution in [0.4, 0.5) is 5.82 Å². The van der Waals surface area contributed by atoms with Gasteiger partial charge in [-0.25, -0.2) is 9.78 Å². The van der Waals surface area contributed by atoms with Crippen molar-refractivity contribution in [2.45, 2.75) is 32.7 Å². The Morgan fingerprint density at radius 1 is 1.16 bits per heavy atom. The number of hydrogen-bond acceptors (Lipinski definition) is 4. The monoisotopic (exact) mass is 432 g/mol. The largest absolute Gasteiger partial charge is 0.478 e. The first-order valence-electron chi connectivity index (χ1n) is 10.6. The molecule has 164 valence electrons. The molecule has 2 amide bonds. The number of amides is 2. The summed E-state index contributed by atoms with van der Waals surface area (Å²) in [6, 6.07) is 14.6. The van der Waals surface area contributed by atoms with Crippen molar-refractivity contribution in [2.24, 2.45) is 0 Å². The zero-order valence-electron chi connectivity index (χ0n) is 17.7. The predicted molar refractivity (Wildman–Crippen MR) is 120 cm³/mol. The third kappa shape index (κ3) is 4.25. The molecule has 0 spiro atoms. The molecule has 3 N–H and O–H groups in total. The number of benzene rings is 2. The second-order valence-corrected chi connectivity index (χ2v) is 7.70. The zero-order chi connectivity index (χ0) is 22.7. The first-order chi connectivity index (χ1) is 15.5. The first kappa shape index (κ1) is 21.3. The highest BCUT2D eigenvalue weighted by molar-refractivity contribution is 6.06. The van der Waals surface area contributed by atoms with Crippen LogP contribution in [0.25, 0.3) is 11.1 Å². The summed E-state index contributed by atoms with van der Waals surface area (Å²) in [6.07, 6.45) is 2.46. The number of aromatic carboxylic acids is 1. The quantitative estimate of drug-likeness (QED) is 0.530. The zero-order valence-corrected chi connectivity index (χ0v) is 17.7. The van der Waals surface area contributed by atoms with Crippen molar-refractivity contribution in [2.75, 3.05) is 11.9 Å². The summed E-state index contributed by atoms with van der Waals surface area (Å²) in [4.78, 5) is 41.2. The average Bonchev–Trinajstić information content (AvgIpc) is 3.05. The van der Waals surface area contributed by atoms with E-state index in [0.717, 1.165) is 24.0 Å². The Labute approximate surface area is 185 Å². The minimum atomic E-state index is -1.02. The van der Waals surface area contributed by atoms with E-state index in [1.54, 1.807) is 16.7 Å². The number of aryl methyl sites for hydroxylation is 1. The molecular formula is C24H24N4O4. The second-order valence-electron chi connectivity index (χ2n) is 7.70. The number of nitrogens with zero attached hydrogens (tertiary/aromatic N) is 2. The third-order valence-electron chi connectivity index (χ3n) is 5.42. The average molecular weight is 432 g/mol. The summed E-state index contributed by atoms with van der Waals surface area (Å²) in [7, 11) is 0. The molecule has 3 aromatic rings. The number of imidazole rings is 1. The van der Waals surface area contributed by atoms with Gasteiger partial charge in [0.25, 0.3) is 5.91 Å². The van der Waals surface area contributed by atoms with Crippen LogP contribution in [0.15, 0.2) is 48.5 Å². The van der Waals surface area contributed by atoms with Crippen LogP contribution in [0.5, 0.6) is 0 Å². The van der Waals surface area contributed by atoms with E-state index in [4.69, 9.17) is 0 Å². The molecule has 0 aliphatic carbocycles. The topological polar surface area (TPSA) is 113 Å². The molecule has 1 aromatic heterocycles. The molecule has 2 aromatic carbocycles. The maximum absolute atomic E-state index is 12.7. The number of nitrogens with one attached hydrogen (secondary N) is 2. The molecule has 0 saturated heterocycles. The molecule has 32 heavy (non-hydrogen) atoms. The minimum Gasteiger partial charge on any atom is -0.478 e. The van der Waals surface area contributed by atoms with E-state index in [2.05, 4.69) is 22.5 Å². The van der Waals surface area contributed by atoms with Gasteiger partial charge in [0.15, 0.2) is 11.5 Å². The number of hydrogen-bond donors (Lipinski definition) is 3. The lowest BCUT2D eigenvalue weighted by Crippen LogP contribution is -2.30. The van der Waals surface area contributed by atoms with E-state index >= 15 is 0 Å². The van der Waals surface area contributed by atoms with E-state index < -0.39 is 5.97 Å². The van der Waals surface area contributed by atoms with E-state index in [0.29, 0.717) is 17.8 Å². The number of aromatic nitrogens is 2. The maximum atomic E-state index is 12.7. The maximum Gasteiger partial charge on any atom is 0.336 e. The van der Waals surface area contributed by atoms with Crippen LogP contribution >= 0.6 is 0 Å². The van der Waals surface area contributed by atoms with Crippen LogP contribution in [0, 0.1) is 0 Å². The van der Waals surface area contributed by atoms with E-state index in [1.807, 2.05) is 36.4 Å². The number of carbonyl (C=O) groups excluding carboxylic acids is 2. The molecule has 1 aliphatic rings. The van der Waals surface area contributed by atoms with Crippen molar-refractivity contribution in [1.82, 2.24) is 14.9 Å². The smallest absolute Gasteiger partial charge is 0.336 e. The molecule has 0 unspecified atom stereocenters. The van der Waals surface area contributed by atoms with Gasteiger partial charge in [0.2, 0.25) is 5.91 Å². The molecule has 4 rings (SSSR count). The Balaban J connectivity index is 1.76. The van der Waals surface area contributed by atoms with Crippen molar-refractivity contribution in [1.29, 1.82) is 0 Å². The Bertz CT molecular complexity index is 1180. The van der Waals surface area contributed by atoms with Gasteiger partial charge in [-0.2, -0.15) is 0 Å². The van der Waals surface area contributed by atoms with Crippen molar-refractivity contribution in [3.63, 3.8) is 0 Å². The molecule has 2 heterocycles. The molecule has 0 radical (unpaired) electrons. The lowest BCUT2D eigenvalue weighted by atomic mass is 9.97. The Kier molecular flexibility index (Phi) is 6.02. The Hall–Kier alpha value is -3.94. The van der Waals surface area contributed by atoms with E-state index in [9.17, 15) is 19.5 Å². The number of rotatable bonds is 7. The molecule has 8 heteroatoms. The van der Waals surface area contributed by atoms with Gasteiger partial charge in [-0.05, 0) is 29.2 Å². The van der Waals surface area contributed by atoms with Gasteiger partial charge in [0.05, 0.1) is 12.1 Å². The van der Waals surface area contributed by atoms with E-state index in [1.165, 1.54) is 0 Å². The molecule has 0 bridgehead atoms. The molecule has 0 saturated carbocycles. The predicted octanol–water partition coefficient (Wildman–Crippen LogP) is 3.32. The van der Waals surface area contributed by atoms with Gasteiger partial charge in [0, 0.05) is 13.0 Å². The SMILES string of the molecule is CCCCc1nc2c(n1Cc1ccc(-c3ccccc3)c(C(=O)O)c1)C(=O)NCC(=O)N2. The fraction of sp³-hybridized carbons (Fsp3) is 0.250. The first-order valence-corrected chi connectivity index (χ1v) is 10.6. The summed E-state index contributed by atoms with van der Waals surface area (Å²) in [5.74, 6) is -0.808. The number of unbranched alkanes of at least 4 members (excludes halogenated alkanes) is 1.